The maximum Gasteiger partial charge on any atom is 0.227 e. The SMILES string of the molecule is Cc1ccc(CN2CCC(CN3CCC(C=C4C=CC(O)=CC4)C(F)C3)C2=O)cc1. The van der Waals surface area contributed by atoms with E-state index in [4.69, 9.17) is 0 Å². The van der Waals surface area contributed by atoms with Gasteiger partial charge in [0.1, 0.15) is 11.9 Å². The number of halogens is 1. The van der Waals surface area contributed by atoms with Gasteiger partial charge in [0.2, 0.25) is 5.91 Å². The smallest absolute Gasteiger partial charge is 0.227 e. The molecule has 0 radical (unpaired) electrons. The van der Waals surface area contributed by atoms with Crippen LogP contribution in [0.25, 0.3) is 0 Å². The molecule has 160 valence electrons. The van der Waals surface area contributed by atoms with E-state index in [0.29, 0.717) is 26.1 Å². The summed E-state index contributed by atoms with van der Waals surface area (Å²) in [7, 11) is 0. The molecule has 1 aromatic rings. The number of nitrogens with zero attached hydrogens (tertiary/aromatic N) is 2. The minimum absolute atomic E-state index is 0.0213. The molecule has 0 spiro atoms. The zero-order valence-electron chi connectivity index (χ0n) is 17.6. The standard InChI is InChI=1S/C25H31FN2O2/c1-18-2-4-20(5-3-18)15-28-13-11-22(25(28)30)16-27-12-10-21(24(26)17-27)14-19-6-8-23(29)9-7-19/h2-6,8-9,14,21-22,24,29H,7,10-13,15-17H2,1H3. The average molecular weight is 411 g/mol. The van der Waals surface area contributed by atoms with Gasteiger partial charge in [0.15, 0.2) is 0 Å². The van der Waals surface area contributed by atoms with Gasteiger partial charge < -0.3 is 10.0 Å². The Balaban J connectivity index is 1.27. The lowest BCUT2D eigenvalue weighted by Crippen LogP contribution is -2.44. The Bertz CT molecular complexity index is 858. The number of piperidine rings is 1. The minimum atomic E-state index is -0.917. The molecule has 3 unspecified atom stereocenters. The Morgan fingerprint density at radius 3 is 2.67 bits per heavy atom. The predicted molar refractivity (Wildman–Crippen MR) is 117 cm³/mol. The van der Waals surface area contributed by atoms with Crippen LogP contribution in [0.4, 0.5) is 4.39 Å². The van der Waals surface area contributed by atoms with E-state index in [1.54, 1.807) is 12.2 Å². The fourth-order valence-electron chi connectivity index (χ4n) is 4.64. The van der Waals surface area contributed by atoms with Crippen molar-refractivity contribution in [3.63, 3.8) is 0 Å². The Kier molecular flexibility index (Phi) is 6.38. The van der Waals surface area contributed by atoms with Gasteiger partial charge in [-0.1, -0.05) is 42.0 Å². The lowest BCUT2D eigenvalue weighted by molar-refractivity contribution is -0.132. The number of aliphatic hydroxyl groups excluding tert-OH is 1. The van der Waals surface area contributed by atoms with Crippen molar-refractivity contribution in [3.05, 3.63) is 71.0 Å². The van der Waals surface area contributed by atoms with Crippen molar-refractivity contribution in [2.45, 2.75) is 38.9 Å². The molecule has 30 heavy (non-hydrogen) atoms. The highest BCUT2D eigenvalue weighted by Crippen LogP contribution is 2.28. The number of rotatable bonds is 5. The van der Waals surface area contributed by atoms with Crippen molar-refractivity contribution in [3.8, 4) is 0 Å². The molecule has 1 N–H and O–H groups in total. The fourth-order valence-corrected chi connectivity index (χ4v) is 4.64. The first kappa shape index (κ1) is 20.9. The fraction of sp³-hybridized carbons (Fsp3) is 0.480. The van der Waals surface area contributed by atoms with Gasteiger partial charge in [-0.3, -0.25) is 9.69 Å². The lowest BCUT2D eigenvalue weighted by atomic mass is 9.90. The summed E-state index contributed by atoms with van der Waals surface area (Å²) in [6, 6.07) is 8.33. The van der Waals surface area contributed by atoms with Crippen LogP contribution in [0.3, 0.4) is 0 Å². The van der Waals surface area contributed by atoms with Gasteiger partial charge in [-0.05, 0) is 56.0 Å². The first-order valence-corrected chi connectivity index (χ1v) is 11.0. The van der Waals surface area contributed by atoms with Crippen molar-refractivity contribution in [1.29, 1.82) is 0 Å². The molecule has 2 saturated heterocycles. The third-order valence-electron chi connectivity index (χ3n) is 6.50. The monoisotopic (exact) mass is 410 g/mol. The van der Waals surface area contributed by atoms with Gasteiger partial charge in [0, 0.05) is 32.1 Å². The first-order chi connectivity index (χ1) is 14.5. The Morgan fingerprint density at radius 2 is 1.97 bits per heavy atom. The Morgan fingerprint density at radius 1 is 1.17 bits per heavy atom. The van der Waals surface area contributed by atoms with Crippen LogP contribution >= 0.6 is 0 Å². The van der Waals surface area contributed by atoms with Crippen molar-refractivity contribution in [1.82, 2.24) is 9.80 Å². The molecule has 3 aliphatic rings. The van der Waals surface area contributed by atoms with Gasteiger partial charge in [-0.2, -0.15) is 0 Å². The number of benzene rings is 1. The summed E-state index contributed by atoms with van der Waals surface area (Å²) in [6.45, 7) is 5.37. The van der Waals surface area contributed by atoms with E-state index in [1.165, 1.54) is 5.56 Å². The number of amides is 1. The molecule has 0 saturated carbocycles. The number of alkyl halides is 1. The molecule has 5 heteroatoms. The van der Waals surface area contributed by atoms with Gasteiger partial charge in [0.25, 0.3) is 0 Å². The highest BCUT2D eigenvalue weighted by molar-refractivity contribution is 5.81. The average Bonchev–Trinajstić information content (AvgIpc) is 3.07. The molecule has 1 aromatic carbocycles. The van der Waals surface area contributed by atoms with Crippen LogP contribution in [0, 0.1) is 18.8 Å². The highest BCUT2D eigenvalue weighted by Gasteiger charge is 2.35. The van der Waals surface area contributed by atoms with Crippen LogP contribution in [0.1, 0.15) is 30.4 Å². The molecule has 2 aliphatic heterocycles. The molecule has 1 amide bonds. The maximum atomic E-state index is 14.8. The topological polar surface area (TPSA) is 43.8 Å². The Labute approximate surface area is 178 Å². The second-order valence-corrected chi connectivity index (χ2v) is 8.87. The van der Waals surface area contributed by atoms with Gasteiger partial charge in [-0.15, -0.1) is 0 Å². The van der Waals surface area contributed by atoms with Crippen LogP contribution in [0.15, 0.2) is 59.9 Å². The number of allylic oxidation sites excluding steroid dienone is 5. The summed E-state index contributed by atoms with van der Waals surface area (Å²) in [5.41, 5.74) is 3.44. The van der Waals surface area contributed by atoms with E-state index in [9.17, 15) is 14.3 Å². The predicted octanol–water partition coefficient (Wildman–Crippen LogP) is 4.33. The Hall–Kier alpha value is -2.40. The first-order valence-electron chi connectivity index (χ1n) is 11.0. The maximum absolute atomic E-state index is 14.8. The van der Waals surface area contributed by atoms with Gasteiger partial charge >= 0.3 is 0 Å². The van der Waals surface area contributed by atoms with Gasteiger partial charge in [0.05, 0.1) is 5.92 Å². The second kappa shape index (κ2) is 9.17. The third-order valence-corrected chi connectivity index (χ3v) is 6.50. The number of carbonyl (C=O) groups excluding carboxylic acids is 1. The van der Waals surface area contributed by atoms with E-state index in [2.05, 4.69) is 36.1 Å². The number of aliphatic hydroxyl groups is 1. The second-order valence-electron chi connectivity index (χ2n) is 8.87. The molecular weight excluding hydrogens is 379 g/mol. The number of likely N-dealkylation sites (tertiary alicyclic amines) is 2. The normalized spacial score (nSPS) is 28.9. The summed E-state index contributed by atoms with van der Waals surface area (Å²) in [4.78, 5) is 16.9. The van der Waals surface area contributed by atoms with E-state index in [1.807, 2.05) is 17.1 Å². The molecule has 1 aliphatic carbocycles. The molecule has 0 bridgehead atoms. The van der Waals surface area contributed by atoms with Crippen LogP contribution in [-0.2, 0) is 11.3 Å². The van der Waals surface area contributed by atoms with Crippen molar-refractivity contribution >= 4 is 5.91 Å². The van der Waals surface area contributed by atoms with Crippen molar-refractivity contribution in [2.75, 3.05) is 26.2 Å². The molecule has 3 atom stereocenters. The third kappa shape index (κ3) is 5.01. The quantitative estimate of drug-likeness (QED) is 0.786. The summed E-state index contributed by atoms with van der Waals surface area (Å²) in [5, 5.41) is 9.42. The highest BCUT2D eigenvalue weighted by atomic mass is 19.1. The minimum Gasteiger partial charge on any atom is -0.508 e. The number of hydrogen-bond donors (Lipinski definition) is 1. The summed E-state index contributed by atoms with van der Waals surface area (Å²) < 4.78 is 14.8. The van der Waals surface area contributed by atoms with Crippen molar-refractivity contribution in [2.24, 2.45) is 11.8 Å². The molecule has 4 rings (SSSR count). The summed E-state index contributed by atoms with van der Waals surface area (Å²) in [5.74, 6) is 0.365. The molecular formula is C25H31FN2O2. The van der Waals surface area contributed by atoms with Crippen LogP contribution in [0.5, 0.6) is 0 Å². The summed E-state index contributed by atoms with van der Waals surface area (Å²) in [6.07, 6.45) is 8.66. The molecule has 2 heterocycles. The number of aryl methyl sites for hydroxylation is 1. The lowest BCUT2D eigenvalue weighted by Gasteiger charge is -2.35. The van der Waals surface area contributed by atoms with E-state index >= 15 is 0 Å². The van der Waals surface area contributed by atoms with Crippen LogP contribution in [-0.4, -0.2) is 53.2 Å². The summed E-state index contributed by atoms with van der Waals surface area (Å²) >= 11 is 0. The molecule has 0 aromatic heterocycles. The van der Waals surface area contributed by atoms with Crippen LogP contribution < -0.4 is 0 Å². The van der Waals surface area contributed by atoms with E-state index in [0.717, 1.165) is 37.1 Å². The van der Waals surface area contributed by atoms with Gasteiger partial charge in [-0.25, -0.2) is 4.39 Å². The molecule has 2 fully saturated rings. The van der Waals surface area contributed by atoms with E-state index in [-0.39, 0.29) is 23.5 Å². The number of carbonyl (C=O) groups is 1. The zero-order chi connectivity index (χ0) is 21.1. The zero-order valence-corrected chi connectivity index (χ0v) is 17.6. The number of hydrogen-bond acceptors (Lipinski definition) is 3. The van der Waals surface area contributed by atoms with Crippen molar-refractivity contribution < 1.29 is 14.3 Å². The van der Waals surface area contributed by atoms with E-state index < -0.39 is 6.17 Å². The largest absolute Gasteiger partial charge is 0.508 e. The van der Waals surface area contributed by atoms with Crippen LogP contribution in [0.2, 0.25) is 0 Å². The molecule has 4 nitrogen and oxygen atoms in total.